The van der Waals surface area contributed by atoms with E-state index in [-0.39, 0.29) is 30.3 Å². The van der Waals surface area contributed by atoms with E-state index in [2.05, 4.69) is 4.98 Å². The standard InChI is InChI=1S/C18H17FN2O2/c1-12-8-14-10-21(11-15(14)9-20-12)18(23)7-6-17(22)13-2-4-16(19)5-3-13/h2-5,8-9H,6-7,10-11H2,1H3. The number of fused-ring (bicyclic) bond motifs is 1. The zero-order valence-corrected chi connectivity index (χ0v) is 12.9. The molecule has 0 aliphatic carbocycles. The van der Waals surface area contributed by atoms with Crippen molar-refractivity contribution in [2.45, 2.75) is 32.9 Å². The first-order valence-electron chi connectivity index (χ1n) is 7.54. The molecule has 1 aliphatic heterocycles. The second-order valence-electron chi connectivity index (χ2n) is 5.77. The van der Waals surface area contributed by atoms with Crippen LogP contribution in [0.5, 0.6) is 0 Å². The van der Waals surface area contributed by atoms with E-state index in [1.54, 1.807) is 4.90 Å². The van der Waals surface area contributed by atoms with Crippen LogP contribution in [-0.4, -0.2) is 21.6 Å². The number of hydrogen-bond donors (Lipinski definition) is 0. The number of aromatic nitrogens is 1. The first-order valence-corrected chi connectivity index (χ1v) is 7.54. The highest BCUT2D eigenvalue weighted by Gasteiger charge is 2.24. The van der Waals surface area contributed by atoms with Gasteiger partial charge in [0.2, 0.25) is 5.91 Å². The van der Waals surface area contributed by atoms with Crippen molar-refractivity contribution in [3.05, 3.63) is 64.7 Å². The molecule has 0 saturated carbocycles. The van der Waals surface area contributed by atoms with Crippen LogP contribution in [0.25, 0.3) is 0 Å². The molecule has 0 spiro atoms. The molecule has 0 unspecified atom stereocenters. The van der Waals surface area contributed by atoms with Crippen molar-refractivity contribution in [2.24, 2.45) is 0 Å². The molecule has 0 saturated heterocycles. The van der Waals surface area contributed by atoms with Crippen LogP contribution >= 0.6 is 0 Å². The minimum absolute atomic E-state index is 0.0469. The molecule has 0 fully saturated rings. The van der Waals surface area contributed by atoms with E-state index in [0.717, 1.165) is 16.8 Å². The number of rotatable bonds is 4. The number of carbonyl (C=O) groups excluding carboxylic acids is 2. The van der Waals surface area contributed by atoms with E-state index in [0.29, 0.717) is 18.7 Å². The largest absolute Gasteiger partial charge is 0.334 e. The van der Waals surface area contributed by atoms with Crippen molar-refractivity contribution in [3.63, 3.8) is 0 Å². The molecule has 0 bridgehead atoms. The van der Waals surface area contributed by atoms with E-state index in [9.17, 15) is 14.0 Å². The highest BCUT2D eigenvalue weighted by atomic mass is 19.1. The molecule has 2 aromatic rings. The predicted molar refractivity (Wildman–Crippen MR) is 83.2 cm³/mol. The van der Waals surface area contributed by atoms with Crippen molar-refractivity contribution in [1.82, 2.24) is 9.88 Å². The van der Waals surface area contributed by atoms with Gasteiger partial charge in [-0.15, -0.1) is 0 Å². The third-order valence-electron chi connectivity index (χ3n) is 4.03. The molecule has 118 valence electrons. The Bertz CT molecular complexity index is 756. The van der Waals surface area contributed by atoms with Gasteiger partial charge in [0.25, 0.3) is 0 Å². The van der Waals surface area contributed by atoms with Crippen LogP contribution in [0.4, 0.5) is 4.39 Å². The summed E-state index contributed by atoms with van der Waals surface area (Å²) >= 11 is 0. The Morgan fingerprint density at radius 1 is 1.13 bits per heavy atom. The van der Waals surface area contributed by atoms with Gasteiger partial charge in [-0.1, -0.05) is 0 Å². The number of Topliss-reactive ketones (excluding diaryl/α,β-unsaturated/α-hetero) is 1. The van der Waals surface area contributed by atoms with Crippen molar-refractivity contribution < 1.29 is 14.0 Å². The van der Waals surface area contributed by atoms with Crippen molar-refractivity contribution in [2.75, 3.05) is 0 Å². The third kappa shape index (κ3) is 3.44. The van der Waals surface area contributed by atoms with Gasteiger partial charge >= 0.3 is 0 Å². The smallest absolute Gasteiger partial charge is 0.223 e. The fraction of sp³-hybridized carbons (Fsp3) is 0.278. The van der Waals surface area contributed by atoms with Crippen LogP contribution in [0.3, 0.4) is 0 Å². The van der Waals surface area contributed by atoms with Crippen LogP contribution in [-0.2, 0) is 17.9 Å². The van der Waals surface area contributed by atoms with Gasteiger partial charge < -0.3 is 4.90 Å². The SMILES string of the molecule is Cc1cc2c(cn1)CN(C(=O)CCC(=O)c1ccc(F)cc1)C2. The number of carbonyl (C=O) groups is 2. The fourth-order valence-electron chi connectivity index (χ4n) is 2.74. The van der Waals surface area contributed by atoms with E-state index in [4.69, 9.17) is 0 Å². The molecule has 0 N–H and O–H groups in total. The predicted octanol–water partition coefficient (Wildman–Crippen LogP) is 3.03. The van der Waals surface area contributed by atoms with E-state index in [1.165, 1.54) is 24.3 Å². The van der Waals surface area contributed by atoms with Crippen LogP contribution in [0.2, 0.25) is 0 Å². The lowest BCUT2D eigenvalue weighted by molar-refractivity contribution is -0.131. The van der Waals surface area contributed by atoms with Gasteiger partial charge in [0.05, 0.1) is 0 Å². The van der Waals surface area contributed by atoms with E-state index in [1.807, 2.05) is 19.2 Å². The van der Waals surface area contributed by atoms with Crippen LogP contribution < -0.4 is 0 Å². The second-order valence-corrected chi connectivity index (χ2v) is 5.77. The summed E-state index contributed by atoms with van der Waals surface area (Å²) in [5.41, 5.74) is 3.55. The molecule has 1 aromatic heterocycles. The summed E-state index contributed by atoms with van der Waals surface area (Å²) in [6.07, 6.45) is 2.10. The van der Waals surface area contributed by atoms with Crippen molar-refractivity contribution >= 4 is 11.7 Å². The topological polar surface area (TPSA) is 50.3 Å². The normalized spacial score (nSPS) is 13.0. The number of benzene rings is 1. The van der Waals surface area contributed by atoms with Gasteiger partial charge in [-0.3, -0.25) is 14.6 Å². The second kappa shape index (κ2) is 6.28. The number of halogens is 1. The fourth-order valence-corrected chi connectivity index (χ4v) is 2.74. The first-order chi connectivity index (χ1) is 11.0. The maximum atomic E-state index is 12.8. The molecule has 2 heterocycles. The summed E-state index contributed by atoms with van der Waals surface area (Å²) in [4.78, 5) is 30.3. The van der Waals surface area contributed by atoms with Gasteiger partial charge in [-0.05, 0) is 48.4 Å². The van der Waals surface area contributed by atoms with E-state index >= 15 is 0 Å². The van der Waals surface area contributed by atoms with Crippen LogP contribution in [0.15, 0.2) is 36.5 Å². The number of amides is 1. The zero-order chi connectivity index (χ0) is 16.4. The summed E-state index contributed by atoms with van der Waals surface area (Å²) in [5, 5.41) is 0. The van der Waals surface area contributed by atoms with Crippen LogP contribution in [0.1, 0.15) is 40.0 Å². The Hall–Kier alpha value is -2.56. The molecular weight excluding hydrogens is 295 g/mol. The van der Waals surface area contributed by atoms with Gasteiger partial charge in [0.1, 0.15) is 5.82 Å². The highest BCUT2D eigenvalue weighted by molar-refractivity contribution is 5.97. The first kappa shape index (κ1) is 15.3. The average Bonchev–Trinajstić information content (AvgIpc) is 2.96. The Morgan fingerprint density at radius 2 is 1.83 bits per heavy atom. The molecule has 0 atom stereocenters. The highest BCUT2D eigenvalue weighted by Crippen LogP contribution is 2.23. The van der Waals surface area contributed by atoms with E-state index < -0.39 is 0 Å². The average molecular weight is 312 g/mol. The Kier molecular flexibility index (Phi) is 4.19. The van der Waals surface area contributed by atoms with Gasteiger partial charge in [0.15, 0.2) is 5.78 Å². The molecule has 23 heavy (non-hydrogen) atoms. The lowest BCUT2D eigenvalue weighted by Crippen LogP contribution is -2.25. The number of pyridine rings is 1. The zero-order valence-electron chi connectivity index (χ0n) is 12.9. The van der Waals surface area contributed by atoms with Crippen molar-refractivity contribution in [1.29, 1.82) is 0 Å². The molecule has 5 heteroatoms. The Labute approximate surface area is 134 Å². The van der Waals surface area contributed by atoms with Gasteiger partial charge in [0, 0.05) is 43.4 Å². The van der Waals surface area contributed by atoms with Gasteiger partial charge in [-0.2, -0.15) is 0 Å². The Morgan fingerprint density at radius 3 is 2.57 bits per heavy atom. The van der Waals surface area contributed by atoms with Crippen molar-refractivity contribution in [3.8, 4) is 0 Å². The maximum absolute atomic E-state index is 12.8. The molecule has 1 aromatic carbocycles. The third-order valence-corrected chi connectivity index (χ3v) is 4.03. The Balaban J connectivity index is 1.56. The number of nitrogens with zero attached hydrogens (tertiary/aromatic N) is 2. The van der Waals surface area contributed by atoms with Gasteiger partial charge in [-0.25, -0.2) is 4.39 Å². The quantitative estimate of drug-likeness (QED) is 0.815. The lowest BCUT2D eigenvalue weighted by Gasteiger charge is -2.14. The molecule has 4 nitrogen and oxygen atoms in total. The molecule has 0 radical (unpaired) electrons. The number of aryl methyl sites for hydroxylation is 1. The molecule has 1 amide bonds. The summed E-state index contributed by atoms with van der Waals surface area (Å²) in [6, 6.07) is 7.39. The summed E-state index contributed by atoms with van der Waals surface area (Å²) < 4.78 is 12.8. The summed E-state index contributed by atoms with van der Waals surface area (Å²) in [7, 11) is 0. The number of hydrogen-bond acceptors (Lipinski definition) is 3. The van der Waals surface area contributed by atoms with Crippen LogP contribution in [0, 0.1) is 12.7 Å². The molecule has 3 rings (SSSR count). The molecule has 1 aliphatic rings. The summed E-state index contributed by atoms with van der Waals surface area (Å²) in [6.45, 7) is 3.04. The minimum atomic E-state index is -0.378. The number of ketones is 1. The summed E-state index contributed by atoms with van der Waals surface area (Å²) in [5.74, 6) is -0.571. The minimum Gasteiger partial charge on any atom is -0.334 e. The maximum Gasteiger partial charge on any atom is 0.223 e. The monoisotopic (exact) mass is 312 g/mol. The lowest BCUT2D eigenvalue weighted by atomic mass is 10.1. The molecular formula is C18H17FN2O2.